The Balaban J connectivity index is 2.37. The second-order valence-corrected chi connectivity index (χ2v) is 5.01. The summed E-state index contributed by atoms with van der Waals surface area (Å²) in [4.78, 5) is 11.5. The standard InChI is InChI=1S/C12H15NO3/c1-12(2,3)7-15-8-5-4-6-9-10(8)11(14)13-16-9/h4-6H,7H2,1-3H3,(H,13,14). The van der Waals surface area contributed by atoms with E-state index < -0.39 is 0 Å². The number of nitrogens with one attached hydrogen (secondary N) is 1. The molecule has 2 aromatic rings. The van der Waals surface area contributed by atoms with Crippen LogP contribution in [0.5, 0.6) is 5.75 Å². The minimum atomic E-state index is -0.250. The molecule has 0 saturated carbocycles. The van der Waals surface area contributed by atoms with Gasteiger partial charge in [0.2, 0.25) is 0 Å². The molecule has 1 N–H and O–H groups in total. The van der Waals surface area contributed by atoms with E-state index in [2.05, 4.69) is 25.9 Å². The molecule has 2 rings (SSSR count). The molecular formula is C12H15NO3. The van der Waals surface area contributed by atoms with Crippen LogP contribution < -0.4 is 10.3 Å². The molecule has 1 heterocycles. The monoisotopic (exact) mass is 221 g/mol. The van der Waals surface area contributed by atoms with Gasteiger partial charge in [-0.25, -0.2) is 0 Å². The third-order valence-corrected chi connectivity index (χ3v) is 2.13. The van der Waals surface area contributed by atoms with Crippen molar-refractivity contribution >= 4 is 11.0 Å². The van der Waals surface area contributed by atoms with Crippen LogP contribution >= 0.6 is 0 Å². The van der Waals surface area contributed by atoms with E-state index in [1.54, 1.807) is 18.2 Å². The van der Waals surface area contributed by atoms with Crippen LogP contribution in [-0.4, -0.2) is 11.8 Å². The van der Waals surface area contributed by atoms with Crippen molar-refractivity contribution in [1.29, 1.82) is 0 Å². The summed E-state index contributed by atoms with van der Waals surface area (Å²) in [5.41, 5.74) is 0.328. The molecule has 0 aliphatic carbocycles. The van der Waals surface area contributed by atoms with Crippen molar-refractivity contribution in [1.82, 2.24) is 5.16 Å². The first kappa shape index (κ1) is 10.8. The maximum absolute atomic E-state index is 11.5. The summed E-state index contributed by atoms with van der Waals surface area (Å²) in [6.07, 6.45) is 0. The van der Waals surface area contributed by atoms with E-state index in [1.807, 2.05) is 0 Å². The Labute approximate surface area is 93.2 Å². The highest BCUT2D eigenvalue weighted by Gasteiger charge is 2.14. The number of hydrogen-bond acceptors (Lipinski definition) is 3. The quantitative estimate of drug-likeness (QED) is 0.847. The first-order valence-electron chi connectivity index (χ1n) is 5.20. The fourth-order valence-corrected chi connectivity index (χ4v) is 1.39. The normalized spacial score (nSPS) is 11.9. The molecule has 0 radical (unpaired) electrons. The van der Waals surface area contributed by atoms with Crippen LogP contribution in [-0.2, 0) is 0 Å². The highest BCUT2D eigenvalue weighted by atomic mass is 16.5. The minimum Gasteiger partial charge on any atom is -0.492 e. The Morgan fingerprint density at radius 1 is 1.38 bits per heavy atom. The van der Waals surface area contributed by atoms with E-state index in [1.165, 1.54) is 0 Å². The van der Waals surface area contributed by atoms with Gasteiger partial charge in [0.15, 0.2) is 5.58 Å². The zero-order chi connectivity index (χ0) is 11.8. The van der Waals surface area contributed by atoms with Crippen LogP contribution in [0, 0.1) is 5.41 Å². The van der Waals surface area contributed by atoms with Gasteiger partial charge >= 0.3 is 0 Å². The predicted molar refractivity (Wildman–Crippen MR) is 61.8 cm³/mol. The fraction of sp³-hybridized carbons (Fsp3) is 0.417. The molecule has 16 heavy (non-hydrogen) atoms. The molecule has 4 heteroatoms. The van der Waals surface area contributed by atoms with Gasteiger partial charge in [-0.2, -0.15) is 5.16 Å². The lowest BCUT2D eigenvalue weighted by Gasteiger charge is -2.18. The Kier molecular flexibility index (Phi) is 2.50. The van der Waals surface area contributed by atoms with Crippen molar-refractivity contribution in [3.8, 4) is 5.75 Å². The van der Waals surface area contributed by atoms with E-state index in [9.17, 15) is 4.79 Å². The summed E-state index contributed by atoms with van der Waals surface area (Å²) in [5, 5.41) is 2.78. The average Bonchev–Trinajstić information content (AvgIpc) is 2.57. The molecule has 1 aromatic heterocycles. The molecule has 0 bridgehead atoms. The predicted octanol–water partition coefficient (Wildman–Crippen LogP) is 2.55. The number of rotatable bonds is 2. The van der Waals surface area contributed by atoms with Crippen LogP contribution in [0.25, 0.3) is 11.0 Å². The zero-order valence-corrected chi connectivity index (χ0v) is 9.66. The topological polar surface area (TPSA) is 55.2 Å². The number of hydrogen-bond donors (Lipinski definition) is 1. The van der Waals surface area contributed by atoms with E-state index >= 15 is 0 Å². The van der Waals surface area contributed by atoms with E-state index in [-0.39, 0.29) is 11.0 Å². The van der Waals surface area contributed by atoms with E-state index in [4.69, 9.17) is 9.26 Å². The molecule has 0 saturated heterocycles. The van der Waals surface area contributed by atoms with Gasteiger partial charge in [-0.05, 0) is 17.5 Å². The molecule has 1 aromatic carbocycles. The second kappa shape index (κ2) is 3.70. The Hall–Kier alpha value is -1.71. The number of aromatic amines is 1. The SMILES string of the molecule is CC(C)(C)COc1cccc2o[nH]c(=O)c12. The van der Waals surface area contributed by atoms with Crippen molar-refractivity contribution in [2.45, 2.75) is 20.8 Å². The number of benzene rings is 1. The van der Waals surface area contributed by atoms with Crippen molar-refractivity contribution in [3.05, 3.63) is 28.6 Å². The van der Waals surface area contributed by atoms with Gasteiger partial charge in [-0.15, -0.1) is 0 Å². The van der Waals surface area contributed by atoms with Crippen LogP contribution in [0.4, 0.5) is 0 Å². The third kappa shape index (κ3) is 2.10. The highest BCUT2D eigenvalue weighted by Crippen LogP contribution is 2.24. The number of H-pyrrole nitrogens is 1. The fourth-order valence-electron chi connectivity index (χ4n) is 1.39. The lowest BCUT2D eigenvalue weighted by atomic mass is 9.99. The summed E-state index contributed by atoms with van der Waals surface area (Å²) < 4.78 is 10.6. The molecule has 86 valence electrons. The summed E-state index contributed by atoms with van der Waals surface area (Å²) >= 11 is 0. The largest absolute Gasteiger partial charge is 0.492 e. The lowest BCUT2D eigenvalue weighted by Crippen LogP contribution is -2.17. The molecule has 0 unspecified atom stereocenters. The summed E-state index contributed by atoms with van der Waals surface area (Å²) in [5.74, 6) is 0.572. The van der Waals surface area contributed by atoms with Gasteiger partial charge in [0.1, 0.15) is 11.1 Å². The maximum atomic E-state index is 11.5. The summed E-state index contributed by atoms with van der Waals surface area (Å²) in [7, 11) is 0. The first-order chi connectivity index (χ1) is 7.47. The van der Waals surface area contributed by atoms with Crippen LogP contribution in [0.15, 0.2) is 27.5 Å². The number of ether oxygens (including phenoxy) is 1. The number of fused-ring (bicyclic) bond motifs is 1. The van der Waals surface area contributed by atoms with Crippen molar-refractivity contribution in [2.24, 2.45) is 5.41 Å². The molecule has 0 aliphatic rings. The molecule has 0 spiro atoms. The van der Waals surface area contributed by atoms with Gasteiger partial charge < -0.3 is 9.26 Å². The van der Waals surface area contributed by atoms with Crippen molar-refractivity contribution in [3.63, 3.8) is 0 Å². The molecule has 0 amide bonds. The van der Waals surface area contributed by atoms with Crippen molar-refractivity contribution in [2.75, 3.05) is 6.61 Å². The molecule has 0 fully saturated rings. The Bertz CT molecular complexity index is 545. The van der Waals surface area contributed by atoms with Gasteiger partial charge in [0.25, 0.3) is 5.56 Å². The molecule has 0 atom stereocenters. The molecule has 4 nitrogen and oxygen atoms in total. The van der Waals surface area contributed by atoms with Crippen molar-refractivity contribution < 1.29 is 9.26 Å². The summed E-state index contributed by atoms with van der Waals surface area (Å²) in [6.45, 7) is 6.78. The van der Waals surface area contributed by atoms with E-state index in [0.29, 0.717) is 23.3 Å². The van der Waals surface area contributed by atoms with Gasteiger partial charge in [0.05, 0.1) is 6.61 Å². The Morgan fingerprint density at radius 3 is 2.81 bits per heavy atom. The van der Waals surface area contributed by atoms with E-state index in [0.717, 1.165) is 0 Å². The smallest absolute Gasteiger partial charge is 0.291 e. The maximum Gasteiger partial charge on any atom is 0.291 e. The van der Waals surface area contributed by atoms with Gasteiger partial charge in [-0.3, -0.25) is 4.79 Å². The molecular weight excluding hydrogens is 206 g/mol. The minimum absolute atomic E-state index is 0.0542. The van der Waals surface area contributed by atoms with Crippen LogP contribution in [0.3, 0.4) is 0 Å². The first-order valence-corrected chi connectivity index (χ1v) is 5.20. The van der Waals surface area contributed by atoms with Crippen LogP contribution in [0.2, 0.25) is 0 Å². The Morgan fingerprint density at radius 2 is 2.12 bits per heavy atom. The highest BCUT2D eigenvalue weighted by molar-refractivity contribution is 5.82. The van der Waals surface area contributed by atoms with Gasteiger partial charge in [0, 0.05) is 0 Å². The van der Waals surface area contributed by atoms with Gasteiger partial charge in [-0.1, -0.05) is 26.8 Å². The average molecular weight is 221 g/mol. The zero-order valence-electron chi connectivity index (χ0n) is 9.66. The lowest BCUT2D eigenvalue weighted by molar-refractivity contribution is 0.200. The number of aromatic nitrogens is 1. The third-order valence-electron chi connectivity index (χ3n) is 2.13. The molecule has 0 aliphatic heterocycles. The summed E-state index contributed by atoms with van der Waals surface area (Å²) in [6, 6.07) is 5.31. The van der Waals surface area contributed by atoms with Crippen LogP contribution in [0.1, 0.15) is 20.8 Å². The second-order valence-electron chi connectivity index (χ2n) is 5.01.